The first kappa shape index (κ1) is 17.9. The lowest BCUT2D eigenvalue weighted by Crippen LogP contribution is -2.29. The third-order valence-corrected chi connectivity index (χ3v) is 3.03. The van der Waals surface area contributed by atoms with Crippen molar-refractivity contribution in [3.05, 3.63) is 0 Å². The van der Waals surface area contributed by atoms with Crippen LogP contribution in [0.1, 0.15) is 64.7 Å². The van der Waals surface area contributed by atoms with Gasteiger partial charge in [-0.2, -0.15) is 0 Å². The number of hydrogen-bond donors (Lipinski definition) is 3. The summed E-state index contributed by atoms with van der Waals surface area (Å²) in [4.78, 5) is 21.7. The molecule has 0 spiro atoms. The minimum atomic E-state index is -1.39. The topological polar surface area (TPSA) is 86.6 Å². The van der Waals surface area contributed by atoms with Crippen molar-refractivity contribution >= 4 is 11.9 Å². The van der Waals surface area contributed by atoms with Gasteiger partial charge in [-0.05, 0) is 6.42 Å². The molecule has 1 amide bonds. The predicted molar refractivity (Wildman–Crippen MR) is 73.9 cm³/mol. The molecule has 0 radical (unpaired) electrons. The van der Waals surface area contributed by atoms with Gasteiger partial charge in [0.2, 0.25) is 5.91 Å². The van der Waals surface area contributed by atoms with Gasteiger partial charge in [-0.25, -0.2) is 4.79 Å². The van der Waals surface area contributed by atoms with Crippen LogP contribution in [0.5, 0.6) is 0 Å². The van der Waals surface area contributed by atoms with Gasteiger partial charge in [0.1, 0.15) is 0 Å². The van der Waals surface area contributed by atoms with Crippen molar-refractivity contribution in [3.8, 4) is 0 Å². The molecule has 5 nitrogen and oxygen atoms in total. The van der Waals surface area contributed by atoms with Gasteiger partial charge in [-0.1, -0.05) is 45.4 Å². The summed E-state index contributed by atoms with van der Waals surface area (Å²) in [5.41, 5.74) is 0. The van der Waals surface area contributed by atoms with Crippen LogP contribution in [0.2, 0.25) is 0 Å². The summed E-state index contributed by atoms with van der Waals surface area (Å²) in [6.45, 7) is 2.40. The van der Waals surface area contributed by atoms with Gasteiger partial charge in [0.25, 0.3) is 0 Å². The molecule has 1 atom stereocenters. The molecular formula is C14H27NO4. The van der Waals surface area contributed by atoms with Crippen molar-refractivity contribution in [1.29, 1.82) is 0 Å². The van der Waals surface area contributed by atoms with E-state index in [1.165, 1.54) is 32.1 Å². The SMILES string of the molecule is CCCCCCCCCC(=O)NCC[C@H](O)C(=O)O. The molecule has 112 valence electrons. The van der Waals surface area contributed by atoms with Crippen molar-refractivity contribution in [1.82, 2.24) is 5.32 Å². The summed E-state index contributed by atoms with van der Waals surface area (Å²) < 4.78 is 0. The second-order valence-corrected chi connectivity index (χ2v) is 4.86. The van der Waals surface area contributed by atoms with Crippen molar-refractivity contribution in [2.45, 2.75) is 70.8 Å². The van der Waals surface area contributed by atoms with Crippen molar-refractivity contribution in [2.75, 3.05) is 6.54 Å². The number of aliphatic carboxylic acids is 1. The smallest absolute Gasteiger partial charge is 0.332 e. The summed E-state index contributed by atoms with van der Waals surface area (Å²) >= 11 is 0. The predicted octanol–water partition coefficient (Wildman–Crippen LogP) is 2.08. The van der Waals surface area contributed by atoms with E-state index >= 15 is 0 Å². The lowest BCUT2D eigenvalue weighted by molar-refractivity contribution is -0.147. The zero-order valence-electron chi connectivity index (χ0n) is 11.9. The molecule has 19 heavy (non-hydrogen) atoms. The number of rotatable bonds is 12. The molecule has 5 heteroatoms. The van der Waals surface area contributed by atoms with Gasteiger partial charge >= 0.3 is 5.97 Å². The molecule has 0 aromatic carbocycles. The lowest BCUT2D eigenvalue weighted by atomic mass is 10.1. The van der Waals surface area contributed by atoms with E-state index < -0.39 is 12.1 Å². The molecule has 0 saturated carbocycles. The molecule has 3 N–H and O–H groups in total. The largest absolute Gasteiger partial charge is 0.479 e. The molecule has 0 unspecified atom stereocenters. The summed E-state index contributed by atoms with van der Waals surface area (Å²) in [7, 11) is 0. The van der Waals surface area contributed by atoms with E-state index in [-0.39, 0.29) is 18.9 Å². The number of aliphatic hydroxyl groups is 1. The van der Waals surface area contributed by atoms with Crippen molar-refractivity contribution in [3.63, 3.8) is 0 Å². The van der Waals surface area contributed by atoms with E-state index in [9.17, 15) is 9.59 Å². The number of aliphatic hydroxyl groups excluding tert-OH is 1. The van der Waals surface area contributed by atoms with Crippen molar-refractivity contribution in [2.24, 2.45) is 0 Å². The van der Waals surface area contributed by atoms with Crippen LogP contribution >= 0.6 is 0 Å². The summed E-state index contributed by atoms with van der Waals surface area (Å²) in [5.74, 6) is -1.31. The van der Waals surface area contributed by atoms with Crippen LogP contribution in [0, 0.1) is 0 Å². The number of carboxylic acids is 1. The van der Waals surface area contributed by atoms with E-state index in [0.29, 0.717) is 6.42 Å². The lowest BCUT2D eigenvalue weighted by Gasteiger charge is -2.07. The first-order valence-electron chi connectivity index (χ1n) is 7.25. The second-order valence-electron chi connectivity index (χ2n) is 4.86. The van der Waals surface area contributed by atoms with Crippen LogP contribution in [-0.4, -0.2) is 34.7 Å². The Bertz CT molecular complexity index is 256. The molecule has 0 fully saturated rings. The van der Waals surface area contributed by atoms with Gasteiger partial charge in [0.05, 0.1) is 0 Å². The zero-order chi connectivity index (χ0) is 14.5. The Morgan fingerprint density at radius 3 is 2.21 bits per heavy atom. The molecule has 0 aromatic heterocycles. The molecule has 0 bridgehead atoms. The van der Waals surface area contributed by atoms with E-state index in [1.807, 2.05) is 0 Å². The normalized spacial score (nSPS) is 12.1. The molecule has 0 aromatic rings. The third kappa shape index (κ3) is 11.7. The van der Waals surface area contributed by atoms with Crippen LogP contribution in [0.4, 0.5) is 0 Å². The summed E-state index contributed by atoms with van der Waals surface area (Å²) in [5, 5.41) is 20.1. The fraction of sp³-hybridized carbons (Fsp3) is 0.857. The molecule has 0 heterocycles. The number of unbranched alkanes of at least 4 members (excludes halogenated alkanes) is 6. The summed E-state index contributed by atoms with van der Waals surface area (Å²) in [6, 6.07) is 0. The fourth-order valence-electron chi connectivity index (χ4n) is 1.80. The van der Waals surface area contributed by atoms with Crippen LogP contribution in [-0.2, 0) is 9.59 Å². The van der Waals surface area contributed by atoms with Gasteiger partial charge in [0.15, 0.2) is 6.10 Å². The number of hydrogen-bond acceptors (Lipinski definition) is 3. The van der Waals surface area contributed by atoms with Gasteiger partial charge in [-0.3, -0.25) is 4.79 Å². The highest BCUT2D eigenvalue weighted by Gasteiger charge is 2.12. The van der Waals surface area contributed by atoms with E-state index in [2.05, 4.69) is 12.2 Å². The highest BCUT2D eigenvalue weighted by atomic mass is 16.4. The van der Waals surface area contributed by atoms with Gasteiger partial charge < -0.3 is 15.5 Å². The number of carbonyl (C=O) groups is 2. The first-order chi connectivity index (χ1) is 9.07. The number of carboxylic acid groups (broad SMARTS) is 1. The third-order valence-electron chi connectivity index (χ3n) is 3.03. The number of carbonyl (C=O) groups excluding carboxylic acids is 1. The first-order valence-corrected chi connectivity index (χ1v) is 7.25. The Kier molecular flexibility index (Phi) is 11.3. The molecule has 0 saturated heterocycles. The number of nitrogens with one attached hydrogen (secondary N) is 1. The van der Waals surface area contributed by atoms with Crippen LogP contribution in [0.15, 0.2) is 0 Å². The maximum atomic E-state index is 11.4. The minimum absolute atomic E-state index is 0.0537. The quantitative estimate of drug-likeness (QED) is 0.475. The van der Waals surface area contributed by atoms with Crippen LogP contribution in [0.25, 0.3) is 0 Å². The van der Waals surface area contributed by atoms with E-state index in [1.54, 1.807) is 0 Å². The Labute approximate surface area is 115 Å². The fourth-order valence-corrected chi connectivity index (χ4v) is 1.80. The Morgan fingerprint density at radius 2 is 1.63 bits per heavy atom. The summed E-state index contributed by atoms with van der Waals surface area (Å²) in [6.07, 6.45) is 7.29. The monoisotopic (exact) mass is 273 g/mol. The highest BCUT2D eigenvalue weighted by Crippen LogP contribution is 2.08. The molecule has 0 aliphatic carbocycles. The zero-order valence-corrected chi connectivity index (χ0v) is 11.9. The highest BCUT2D eigenvalue weighted by molar-refractivity contribution is 5.76. The average molecular weight is 273 g/mol. The standard InChI is InChI=1S/C14H27NO4/c1-2-3-4-5-6-7-8-9-13(17)15-11-10-12(16)14(18)19/h12,16H,2-11H2,1H3,(H,15,17)(H,18,19)/t12-/m0/s1. The van der Waals surface area contributed by atoms with Crippen LogP contribution < -0.4 is 5.32 Å². The molecule has 0 rings (SSSR count). The maximum Gasteiger partial charge on any atom is 0.332 e. The molecule has 0 aliphatic rings. The van der Waals surface area contributed by atoms with Gasteiger partial charge in [-0.15, -0.1) is 0 Å². The van der Waals surface area contributed by atoms with E-state index in [4.69, 9.17) is 10.2 Å². The van der Waals surface area contributed by atoms with Crippen LogP contribution in [0.3, 0.4) is 0 Å². The maximum absolute atomic E-state index is 11.4. The Morgan fingerprint density at radius 1 is 1.05 bits per heavy atom. The van der Waals surface area contributed by atoms with E-state index in [0.717, 1.165) is 12.8 Å². The average Bonchev–Trinajstić information content (AvgIpc) is 2.37. The molecular weight excluding hydrogens is 246 g/mol. The molecule has 0 aliphatic heterocycles. The minimum Gasteiger partial charge on any atom is -0.479 e. The van der Waals surface area contributed by atoms with Crippen molar-refractivity contribution < 1.29 is 19.8 Å². The second kappa shape index (κ2) is 12.0. The number of amides is 1. The Hall–Kier alpha value is -1.10. The Balaban J connectivity index is 3.33. The van der Waals surface area contributed by atoms with Gasteiger partial charge in [0, 0.05) is 19.4 Å².